The van der Waals surface area contributed by atoms with Crippen LogP contribution in [0.5, 0.6) is 0 Å². The third-order valence-corrected chi connectivity index (χ3v) is 8.18. The van der Waals surface area contributed by atoms with Crippen LogP contribution in [0.3, 0.4) is 0 Å². The van der Waals surface area contributed by atoms with E-state index in [0.29, 0.717) is 40.9 Å². The number of piperazine rings is 1. The van der Waals surface area contributed by atoms with E-state index in [4.69, 9.17) is 11.6 Å². The Bertz CT molecular complexity index is 1470. The van der Waals surface area contributed by atoms with Crippen molar-refractivity contribution in [1.29, 1.82) is 0 Å². The number of aromatic amines is 1. The first-order chi connectivity index (χ1) is 18.5. The average molecular weight is 574 g/mol. The van der Waals surface area contributed by atoms with Gasteiger partial charge in [0.2, 0.25) is 0 Å². The van der Waals surface area contributed by atoms with E-state index in [1.807, 2.05) is 42.6 Å². The summed E-state index contributed by atoms with van der Waals surface area (Å²) in [5.74, 6) is -0.381. The monoisotopic (exact) mass is 573 g/mol. The van der Waals surface area contributed by atoms with E-state index in [9.17, 15) is 18.0 Å². The molecular formula is C28H27ClF3N5OS. The number of nitrogens with one attached hydrogen (secondary N) is 2. The fourth-order valence-electron chi connectivity index (χ4n) is 4.78. The van der Waals surface area contributed by atoms with Gasteiger partial charge in [0.1, 0.15) is 5.82 Å². The molecule has 0 radical (unpaired) electrons. The maximum absolute atomic E-state index is 14.1. The number of alkyl halides is 3. The summed E-state index contributed by atoms with van der Waals surface area (Å²) in [5, 5.41) is 6.92. The fourth-order valence-corrected chi connectivity index (χ4v) is 5.65. The zero-order valence-corrected chi connectivity index (χ0v) is 23.1. The topological polar surface area (TPSA) is 64.3 Å². The van der Waals surface area contributed by atoms with E-state index >= 15 is 0 Å². The summed E-state index contributed by atoms with van der Waals surface area (Å²) in [6.07, 6.45) is -3.03. The summed E-state index contributed by atoms with van der Waals surface area (Å²) >= 11 is 7.95. The van der Waals surface area contributed by atoms with Gasteiger partial charge in [-0.05, 0) is 68.7 Å². The molecule has 1 saturated heterocycles. The second-order valence-electron chi connectivity index (χ2n) is 9.80. The molecule has 1 aliphatic heterocycles. The molecule has 0 spiro atoms. The maximum atomic E-state index is 14.1. The molecule has 5 rings (SSSR count). The van der Waals surface area contributed by atoms with Crippen molar-refractivity contribution in [3.63, 3.8) is 0 Å². The number of likely N-dealkylation sites (N-methyl/N-ethyl adjacent to an activating group) is 1. The number of rotatable bonds is 5. The van der Waals surface area contributed by atoms with Crippen molar-refractivity contribution < 1.29 is 18.0 Å². The van der Waals surface area contributed by atoms with Crippen LogP contribution in [0, 0.1) is 0 Å². The van der Waals surface area contributed by atoms with Gasteiger partial charge in [-0.1, -0.05) is 11.6 Å². The van der Waals surface area contributed by atoms with E-state index in [2.05, 4.69) is 20.2 Å². The van der Waals surface area contributed by atoms with Gasteiger partial charge in [-0.3, -0.25) is 9.69 Å². The van der Waals surface area contributed by atoms with Crippen molar-refractivity contribution in [1.82, 2.24) is 14.9 Å². The molecule has 2 N–H and O–H groups in total. The first-order valence-corrected chi connectivity index (χ1v) is 13.7. The van der Waals surface area contributed by atoms with Gasteiger partial charge in [-0.2, -0.15) is 24.5 Å². The number of hydrogen-bond acceptors (Lipinski definition) is 5. The number of carbonyl (C=O) groups excluding carboxylic acids is 1. The largest absolute Gasteiger partial charge is 0.417 e. The standard InChI is InChI=1S/C28H27ClF3N5OS/c1-16-13-37(14-17(2)36(16)3)20-5-6-21(23(11-20)28(30,31)32)27(38)34-19-4-7-24(29)22(10-19)26-33-12-25(35-26)18-8-9-39-15-18/h4-12,15-17H,13-14H2,1-3H3,(H,33,35)(H,34,38)/t16-,17+. The number of anilines is 2. The average Bonchev–Trinajstić information content (AvgIpc) is 3.60. The normalized spacial score (nSPS) is 18.4. The molecule has 2 aromatic carbocycles. The predicted octanol–water partition coefficient (Wildman–Crippen LogP) is 7.26. The van der Waals surface area contributed by atoms with Gasteiger partial charge in [-0.15, -0.1) is 0 Å². The zero-order chi connectivity index (χ0) is 27.9. The smallest absolute Gasteiger partial charge is 0.368 e. The maximum Gasteiger partial charge on any atom is 0.417 e. The molecular weight excluding hydrogens is 547 g/mol. The first kappa shape index (κ1) is 27.2. The zero-order valence-electron chi connectivity index (χ0n) is 21.5. The lowest BCUT2D eigenvalue weighted by Crippen LogP contribution is -2.55. The summed E-state index contributed by atoms with van der Waals surface area (Å²) in [4.78, 5) is 24.9. The number of carbonyl (C=O) groups is 1. The summed E-state index contributed by atoms with van der Waals surface area (Å²) in [6.45, 7) is 5.28. The van der Waals surface area contributed by atoms with Crippen molar-refractivity contribution in [2.75, 3.05) is 30.4 Å². The van der Waals surface area contributed by atoms with Gasteiger partial charge < -0.3 is 15.2 Å². The van der Waals surface area contributed by atoms with Crippen molar-refractivity contribution >= 4 is 40.2 Å². The van der Waals surface area contributed by atoms with Crippen molar-refractivity contribution in [3.05, 3.63) is 75.6 Å². The molecule has 39 heavy (non-hydrogen) atoms. The van der Waals surface area contributed by atoms with E-state index in [0.717, 1.165) is 17.3 Å². The molecule has 0 aliphatic carbocycles. The summed E-state index contributed by atoms with van der Waals surface area (Å²) in [6, 6.07) is 10.9. The number of aromatic nitrogens is 2. The van der Waals surface area contributed by atoms with Crippen LogP contribution >= 0.6 is 22.9 Å². The van der Waals surface area contributed by atoms with Crippen LogP contribution in [0.15, 0.2) is 59.4 Å². The lowest BCUT2D eigenvalue weighted by molar-refractivity contribution is -0.137. The van der Waals surface area contributed by atoms with Gasteiger partial charge in [0, 0.05) is 53.1 Å². The minimum Gasteiger partial charge on any atom is -0.368 e. The van der Waals surface area contributed by atoms with E-state index in [-0.39, 0.29) is 12.1 Å². The number of nitrogens with zero attached hydrogens (tertiary/aromatic N) is 3. The highest BCUT2D eigenvalue weighted by Gasteiger charge is 2.37. The number of amides is 1. The quantitative estimate of drug-likeness (QED) is 0.264. The van der Waals surface area contributed by atoms with Crippen LogP contribution in [-0.4, -0.2) is 53.0 Å². The van der Waals surface area contributed by atoms with Crippen molar-refractivity contribution in [2.45, 2.75) is 32.1 Å². The third kappa shape index (κ3) is 5.68. The first-order valence-electron chi connectivity index (χ1n) is 12.4. The summed E-state index contributed by atoms with van der Waals surface area (Å²) < 4.78 is 42.4. The summed E-state index contributed by atoms with van der Waals surface area (Å²) in [5.41, 5.74) is 1.61. The van der Waals surface area contributed by atoms with Gasteiger partial charge >= 0.3 is 6.18 Å². The second kappa shape index (κ2) is 10.7. The Balaban J connectivity index is 1.41. The van der Waals surface area contributed by atoms with Crippen LogP contribution < -0.4 is 10.2 Å². The fraction of sp³-hybridized carbons (Fsp3) is 0.286. The van der Waals surface area contributed by atoms with E-state index < -0.39 is 23.2 Å². The van der Waals surface area contributed by atoms with Crippen LogP contribution in [-0.2, 0) is 6.18 Å². The van der Waals surface area contributed by atoms with Crippen LogP contribution in [0.2, 0.25) is 5.02 Å². The lowest BCUT2D eigenvalue weighted by Gasteiger charge is -2.43. The molecule has 204 valence electrons. The summed E-state index contributed by atoms with van der Waals surface area (Å²) in [7, 11) is 2.01. The van der Waals surface area contributed by atoms with Gasteiger partial charge in [0.15, 0.2) is 0 Å². The molecule has 0 unspecified atom stereocenters. The molecule has 3 heterocycles. The molecule has 2 aromatic heterocycles. The number of benzene rings is 2. The Labute approximate surface area is 233 Å². The SMILES string of the molecule is C[C@@H]1CN(c2ccc(C(=O)Nc3ccc(Cl)c(-c4ncc(-c5ccsc5)[nH]4)c3)c(C(F)(F)F)c2)C[C@H](C)N1C. The van der Waals surface area contributed by atoms with Crippen LogP contribution in [0.25, 0.3) is 22.6 Å². The highest BCUT2D eigenvalue weighted by atomic mass is 35.5. The Hall–Kier alpha value is -3.34. The molecule has 2 atom stereocenters. The minimum atomic E-state index is -4.70. The Morgan fingerprint density at radius 3 is 2.54 bits per heavy atom. The van der Waals surface area contributed by atoms with Gasteiger partial charge in [0.25, 0.3) is 5.91 Å². The molecule has 1 aliphatic rings. The third-order valence-electron chi connectivity index (χ3n) is 7.17. The Morgan fingerprint density at radius 2 is 1.87 bits per heavy atom. The molecule has 6 nitrogen and oxygen atoms in total. The molecule has 4 aromatic rings. The number of hydrogen-bond donors (Lipinski definition) is 2. The number of halogens is 4. The van der Waals surface area contributed by atoms with Crippen LogP contribution in [0.4, 0.5) is 24.5 Å². The highest BCUT2D eigenvalue weighted by Crippen LogP contribution is 2.36. The highest BCUT2D eigenvalue weighted by molar-refractivity contribution is 7.08. The number of imidazole rings is 1. The molecule has 0 bridgehead atoms. The second-order valence-corrected chi connectivity index (χ2v) is 11.0. The van der Waals surface area contributed by atoms with E-state index in [1.165, 1.54) is 6.07 Å². The lowest BCUT2D eigenvalue weighted by atomic mass is 10.0. The van der Waals surface area contributed by atoms with Crippen molar-refractivity contribution in [2.24, 2.45) is 0 Å². The predicted molar refractivity (Wildman–Crippen MR) is 151 cm³/mol. The Morgan fingerprint density at radius 1 is 1.13 bits per heavy atom. The minimum absolute atomic E-state index is 0.181. The molecule has 1 fully saturated rings. The molecule has 1 amide bonds. The van der Waals surface area contributed by atoms with Crippen LogP contribution in [0.1, 0.15) is 29.8 Å². The van der Waals surface area contributed by atoms with Crippen molar-refractivity contribution in [3.8, 4) is 22.6 Å². The van der Waals surface area contributed by atoms with E-state index in [1.54, 1.807) is 41.8 Å². The molecule has 11 heteroatoms. The van der Waals surface area contributed by atoms with Gasteiger partial charge in [-0.25, -0.2) is 4.98 Å². The Kier molecular flexibility index (Phi) is 7.45. The number of H-pyrrole nitrogens is 1. The molecule has 0 saturated carbocycles. The number of thiophene rings is 1. The van der Waals surface area contributed by atoms with Gasteiger partial charge in [0.05, 0.1) is 28.0 Å².